The number of nitrogens with zero attached hydrogens (tertiary/aromatic N) is 4. The summed E-state index contributed by atoms with van der Waals surface area (Å²) < 4.78 is 25.3. The smallest absolute Gasteiger partial charge is 0.262 e. The SMILES string of the molecule is C=N/C(=N\C=C(/C)C(=O)N[C@@H]1CNCC[C@@H]1F)c1cncc(Oc2ncccc2OCC)c1. The van der Waals surface area contributed by atoms with E-state index in [0.29, 0.717) is 54.6 Å². The van der Waals surface area contributed by atoms with Crippen molar-refractivity contribution in [2.75, 3.05) is 19.7 Å². The Kier molecular flexibility index (Phi) is 8.59. The van der Waals surface area contributed by atoms with E-state index in [2.05, 4.69) is 37.3 Å². The van der Waals surface area contributed by atoms with Crippen molar-refractivity contribution >= 4 is 18.5 Å². The molecule has 1 aliphatic heterocycles. The lowest BCUT2D eigenvalue weighted by Gasteiger charge is -2.27. The molecule has 1 aliphatic rings. The molecule has 0 unspecified atom stereocenters. The molecule has 0 saturated carbocycles. The lowest BCUT2D eigenvalue weighted by molar-refractivity contribution is -0.118. The van der Waals surface area contributed by atoms with Crippen molar-refractivity contribution in [1.82, 2.24) is 20.6 Å². The Morgan fingerprint density at radius 1 is 1.45 bits per heavy atom. The highest BCUT2D eigenvalue weighted by Crippen LogP contribution is 2.28. The standard InChI is InChI=1S/C23H27FN6O3/c1-4-32-20-6-5-8-28-23(20)33-17-10-16(12-27-13-17)21(25-3)29-11-15(2)22(31)30-19-14-26-9-7-18(19)24/h5-6,8,10-13,18-19,26H,3-4,7,9,14H2,1-2H3,(H,30,31)/b15-11+,29-21-/t18-,19+/m0/s1. The number of rotatable bonds is 8. The average molecular weight is 455 g/mol. The molecule has 2 N–H and O–H groups in total. The monoisotopic (exact) mass is 454 g/mol. The number of aliphatic imine (C=N–C) groups is 2. The van der Waals surface area contributed by atoms with E-state index in [1.807, 2.05) is 6.92 Å². The van der Waals surface area contributed by atoms with E-state index in [4.69, 9.17) is 9.47 Å². The molecule has 1 fully saturated rings. The van der Waals surface area contributed by atoms with Gasteiger partial charge in [-0.15, -0.1) is 0 Å². The zero-order valence-electron chi connectivity index (χ0n) is 18.6. The summed E-state index contributed by atoms with van der Waals surface area (Å²) in [5.74, 6) is 1.07. The summed E-state index contributed by atoms with van der Waals surface area (Å²) in [6, 6.07) is 4.62. The predicted octanol–water partition coefficient (Wildman–Crippen LogP) is 2.83. The molecule has 2 aromatic heterocycles. The van der Waals surface area contributed by atoms with Gasteiger partial charge in [-0.3, -0.25) is 9.78 Å². The number of hydrogen-bond donors (Lipinski definition) is 2. The quantitative estimate of drug-likeness (QED) is 0.361. The highest BCUT2D eigenvalue weighted by molar-refractivity contribution is 6.02. The lowest BCUT2D eigenvalue weighted by Crippen LogP contribution is -2.52. The molecular formula is C23H27FN6O3. The van der Waals surface area contributed by atoms with Crippen LogP contribution in [-0.4, -0.2) is 60.3 Å². The van der Waals surface area contributed by atoms with Crippen LogP contribution >= 0.6 is 0 Å². The summed E-state index contributed by atoms with van der Waals surface area (Å²) in [6.45, 7) is 8.48. The minimum absolute atomic E-state index is 0.244. The number of pyridine rings is 2. The van der Waals surface area contributed by atoms with E-state index in [1.165, 1.54) is 12.4 Å². The van der Waals surface area contributed by atoms with Gasteiger partial charge in [0.15, 0.2) is 11.6 Å². The second kappa shape index (κ2) is 11.8. The maximum atomic E-state index is 14.0. The number of aromatic nitrogens is 2. The molecule has 0 aromatic carbocycles. The molecule has 0 bridgehead atoms. The van der Waals surface area contributed by atoms with Gasteiger partial charge >= 0.3 is 0 Å². The first-order valence-corrected chi connectivity index (χ1v) is 10.6. The van der Waals surface area contributed by atoms with Gasteiger partial charge in [0.05, 0.1) is 18.8 Å². The van der Waals surface area contributed by atoms with Gasteiger partial charge in [0.25, 0.3) is 5.88 Å². The number of hydrogen-bond acceptors (Lipinski definition) is 7. The number of nitrogens with one attached hydrogen (secondary N) is 2. The van der Waals surface area contributed by atoms with Crippen LogP contribution in [0.3, 0.4) is 0 Å². The van der Waals surface area contributed by atoms with Crippen LogP contribution in [0.1, 0.15) is 25.8 Å². The third kappa shape index (κ3) is 6.66. The average Bonchev–Trinajstić information content (AvgIpc) is 2.82. The molecular weight excluding hydrogens is 427 g/mol. The fourth-order valence-electron chi connectivity index (χ4n) is 3.10. The highest BCUT2D eigenvalue weighted by atomic mass is 19.1. The topological polar surface area (TPSA) is 110 Å². The molecule has 2 atom stereocenters. The maximum Gasteiger partial charge on any atom is 0.262 e. The van der Waals surface area contributed by atoms with Crippen LogP contribution in [0.25, 0.3) is 0 Å². The molecule has 3 rings (SSSR count). The Morgan fingerprint density at radius 2 is 2.30 bits per heavy atom. The second-order valence-electron chi connectivity index (χ2n) is 7.26. The van der Waals surface area contributed by atoms with Gasteiger partial charge in [0.1, 0.15) is 11.9 Å². The fraction of sp³-hybridized carbons (Fsp3) is 0.348. The van der Waals surface area contributed by atoms with Crippen molar-refractivity contribution in [1.29, 1.82) is 0 Å². The summed E-state index contributed by atoms with van der Waals surface area (Å²) in [4.78, 5) is 28.9. The number of carbonyl (C=O) groups is 1. The molecule has 10 heteroatoms. The normalized spacial score (nSPS) is 19.0. The molecule has 9 nitrogen and oxygen atoms in total. The molecule has 0 spiro atoms. The Balaban J connectivity index is 1.73. The first kappa shape index (κ1) is 24.0. The number of piperidine rings is 1. The summed E-state index contributed by atoms with van der Waals surface area (Å²) in [5, 5.41) is 5.76. The van der Waals surface area contributed by atoms with Crippen molar-refractivity contribution in [3.05, 3.63) is 54.1 Å². The highest BCUT2D eigenvalue weighted by Gasteiger charge is 2.26. The Bertz CT molecular complexity index is 1040. The Hall–Kier alpha value is -3.66. The Labute approximate surface area is 191 Å². The largest absolute Gasteiger partial charge is 0.488 e. The van der Waals surface area contributed by atoms with Gasteiger partial charge in [-0.05, 0) is 51.7 Å². The zero-order valence-corrected chi connectivity index (χ0v) is 18.6. The molecule has 174 valence electrons. The summed E-state index contributed by atoms with van der Waals surface area (Å²) >= 11 is 0. The first-order chi connectivity index (χ1) is 16.0. The summed E-state index contributed by atoms with van der Waals surface area (Å²) in [7, 11) is 0. The van der Waals surface area contributed by atoms with Crippen molar-refractivity contribution in [3.8, 4) is 17.4 Å². The lowest BCUT2D eigenvalue weighted by atomic mass is 10.1. The van der Waals surface area contributed by atoms with Gasteiger partial charge in [-0.1, -0.05) is 0 Å². The number of amides is 1. The summed E-state index contributed by atoms with van der Waals surface area (Å²) in [5.41, 5.74) is 0.838. The van der Waals surface area contributed by atoms with Gasteiger partial charge in [-0.2, -0.15) is 0 Å². The zero-order chi connectivity index (χ0) is 23.6. The number of amidine groups is 1. The first-order valence-electron chi connectivity index (χ1n) is 10.6. The molecule has 1 saturated heterocycles. The van der Waals surface area contributed by atoms with Crippen molar-refractivity contribution in [2.45, 2.75) is 32.5 Å². The molecule has 0 radical (unpaired) electrons. The van der Waals surface area contributed by atoms with E-state index >= 15 is 0 Å². The van der Waals surface area contributed by atoms with Gasteiger partial charge in [0.2, 0.25) is 5.91 Å². The van der Waals surface area contributed by atoms with Crippen molar-refractivity contribution in [2.24, 2.45) is 9.98 Å². The Morgan fingerprint density at radius 3 is 3.06 bits per heavy atom. The molecule has 1 amide bonds. The summed E-state index contributed by atoms with van der Waals surface area (Å²) in [6.07, 6.45) is 5.32. The van der Waals surface area contributed by atoms with Crippen molar-refractivity contribution in [3.63, 3.8) is 0 Å². The number of halogens is 1. The molecule has 0 aliphatic carbocycles. The number of ether oxygens (including phenoxy) is 2. The van der Waals surface area contributed by atoms with E-state index in [-0.39, 0.29) is 5.84 Å². The maximum absolute atomic E-state index is 14.0. The van der Waals surface area contributed by atoms with E-state index in [9.17, 15) is 9.18 Å². The van der Waals surface area contributed by atoms with Gasteiger partial charge in [0, 0.05) is 36.3 Å². The predicted molar refractivity (Wildman–Crippen MR) is 124 cm³/mol. The van der Waals surface area contributed by atoms with Gasteiger partial charge < -0.3 is 20.1 Å². The fourth-order valence-corrected chi connectivity index (χ4v) is 3.10. The number of alkyl halides is 1. The van der Waals surface area contributed by atoms with Crippen LogP contribution in [0.5, 0.6) is 17.4 Å². The molecule has 33 heavy (non-hydrogen) atoms. The van der Waals surface area contributed by atoms with Crippen LogP contribution in [0.4, 0.5) is 4.39 Å². The van der Waals surface area contributed by atoms with Crippen molar-refractivity contribution < 1.29 is 18.7 Å². The minimum atomic E-state index is -1.08. The second-order valence-corrected chi connectivity index (χ2v) is 7.26. The van der Waals surface area contributed by atoms with E-state index in [1.54, 1.807) is 37.5 Å². The number of carbonyl (C=O) groups excluding carboxylic acids is 1. The van der Waals surface area contributed by atoms with Gasteiger partial charge in [-0.25, -0.2) is 19.4 Å². The van der Waals surface area contributed by atoms with Crippen LogP contribution in [0.2, 0.25) is 0 Å². The van der Waals surface area contributed by atoms with Crippen LogP contribution in [-0.2, 0) is 4.79 Å². The third-order valence-corrected chi connectivity index (χ3v) is 4.82. The molecule has 2 aromatic rings. The van der Waals surface area contributed by atoms with E-state index in [0.717, 1.165) is 0 Å². The minimum Gasteiger partial charge on any atom is -0.488 e. The van der Waals surface area contributed by atoms with Crippen LogP contribution < -0.4 is 20.1 Å². The van der Waals surface area contributed by atoms with Crippen LogP contribution in [0, 0.1) is 0 Å². The van der Waals surface area contributed by atoms with Crippen LogP contribution in [0.15, 0.2) is 58.5 Å². The third-order valence-electron chi connectivity index (χ3n) is 4.82. The molecule has 3 heterocycles. The van der Waals surface area contributed by atoms with E-state index < -0.39 is 18.1 Å².